The van der Waals surface area contributed by atoms with E-state index >= 15 is 0 Å². The largest absolute Gasteiger partial charge is 0.341 e. The van der Waals surface area contributed by atoms with Crippen molar-refractivity contribution in [1.82, 2.24) is 35.6 Å². The summed E-state index contributed by atoms with van der Waals surface area (Å²) in [5, 5.41) is 9.65. The smallest absolute Gasteiger partial charge is 0.322 e. The molecule has 11 nitrogen and oxygen atoms in total. The van der Waals surface area contributed by atoms with Gasteiger partial charge in [0.25, 0.3) is 0 Å². The van der Waals surface area contributed by atoms with Crippen LogP contribution in [0.4, 0.5) is 15.3 Å². The Bertz CT molecular complexity index is 1590. The number of aryl methyl sites for hydroxylation is 2. The zero-order valence-electron chi connectivity index (χ0n) is 35.2. The van der Waals surface area contributed by atoms with Gasteiger partial charge in [-0.25, -0.2) is 9.59 Å². The minimum atomic E-state index is -0.640. The summed E-state index contributed by atoms with van der Waals surface area (Å²) >= 11 is 0. The molecule has 0 unspecified atom stereocenters. The van der Waals surface area contributed by atoms with Crippen molar-refractivity contribution in [3.63, 3.8) is 0 Å². The van der Waals surface area contributed by atoms with Crippen LogP contribution in [0.1, 0.15) is 102 Å². The van der Waals surface area contributed by atoms with E-state index in [0.29, 0.717) is 63.7 Å². The number of allylic oxidation sites excluding steroid dienone is 1. The topological polar surface area (TPSA) is 113 Å². The number of hydrogen-bond donors (Lipinski definition) is 3. The van der Waals surface area contributed by atoms with Crippen molar-refractivity contribution in [2.45, 2.75) is 124 Å². The van der Waals surface area contributed by atoms with Crippen molar-refractivity contribution in [2.75, 3.05) is 52.4 Å². The van der Waals surface area contributed by atoms with E-state index in [9.17, 15) is 14.4 Å². The number of amides is 5. The fourth-order valence-electron chi connectivity index (χ4n) is 8.42. The number of fused-ring (bicyclic) bond motifs is 2. The number of piperidine rings is 2. The van der Waals surface area contributed by atoms with Crippen molar-refractivity contribution < 1.29 is 14.4 Å². The molecule has 5 aliphatic rings. The van der Waals surface area contributed by atoms with Crippen LogP contribution in [0.15, 0.2) is 59.7 Å². The van der Waals surface area contributed by atoms with Gasteiger partial charge in [0, 0.05) is 77.4 Å². The maximum atomic E-state index is 14.2. The van der Waals surface area contributed by atoms with Gasteiger partial charge in [0.15, 0.2) is 0 Å². The molecule has 308 valence electrons. The normalized spacial score (nSPS) is 19.7. The second-order valence-corrected chi connectivity index (χ2v) is 14.5. The lowest BCUT2D eigenvalue weighted by molar-refractivity contribution is -0.134. The van der Waals surface area contributed by atoms with Gasteiger partial charge in [0.05, 0.1) is 17.6 Å². The minimum Gasteiger partial charge on any atom is -0.341 e. The van der Waals surface area contributed by atoms with Crippen molar-refractivity contribution in [1.29, 1.82) is 0 Å². The molecule has 3 N–H and O–H groups in total. The molecule has 1 atom stereocenters. The highest BCUT2D eigenvalue weighted by molar-refractivity contribution is 5.89. The summed E-state index contributed by atoms with van der Waals surface area (Å²) in [5.41, 5.74) is 6.17. The van der Waals surface area contributed by atoms with E-state index in [1.54, 1.807) is 16.0 Å². The van der Waals surface area contributed by atoms with E-state index in [0.717, 1.165) is 68.7 Å². The number of urea groups is 2. The van der Waals surface area contributed by atoms with Crippen LogP contribution in [0.2, 0.25) is 0 Å². The van der Waals surface area contributed by atoms with Gasteiger partial charge < -0.3 is 25.8 Å². The molecular weight excluding hydrogens is 701 g/mol. The highest BCUT2D eigenvalue weighted by Crippen LogP contribution is 2.26. The predicted molar refractivity (Wildman–Crippen MR) is 230 cm³/mol. The first kappa shape index (κ1) is 44.5. The second-order valence-electron chi connectivity index (χ2n) is 14.5. The van der Waals surface area contributed by atoms with Crippen molar-refractivity contribution in [2.24, 2.45) is 4.99 Å². The maximum Gasteiger partial charge on any atom is 0.322 e. The molecule has 4 aliphatic heterocycles. The summed E-state index contributed by atoms with van der Waals surface area (Å²) in [6.45, 7) is 23.1. The number of aliphatic imine (C=N–C) groups is 1. The van der Waals surface area contributed by atoms with Gasteiger partial charge >= 0.3 is 12.1 Å². The molecule has 3 fully saturated rings. The summed E-state index contributed by atoms with van der Waals surface area (Å²) in [6, 6.07) is 13.7. The Hall–Kier alpha value is -4.22. The SMILES string of the molecule is C=C1C=Nc2ccccc2CNC(=O)N1C1CCN(C(=O)N[C@H](Cc2ccc3c(c2)CCCC3)C(=O)N2CCC(N3CCNCC3)CC2)CC1.CC.CC.CC. The van der Waals surface area contributed by atoms with Crippen LogP contribution in [0.25, 0.3) is 0 Å². The standard InChI is InChI=1S/C39H52N8O3.3C2H6/c1-28-26-41-35-9-5-4-8-32(35)27-42-38(49)47(28)34-14-20-46(21-15-34)39(50)43-36(25-29-10-11-30-6-2-3-7-31(30)24-29)37(48)45-18-12-33(13-19-45)44-22-16-40-17-23-44;3*1-2/h4-5,8-11,24,26,33-34,36,40H,1-3,6-7,12-23,25,27H2,(H,42,49)(H,43,50);3*1-2H3/t36-;;;/m1.../s1. The third kappa shape index (κ3) is 11.7. The van der Waals surface area contributed by atoms with E-state index < -0.39 is 6.04 Å². The third-order valence-electron chi connectivity index (χ3n) is 11.3. The first-order valence-corrected chi connectivity index (χ1v) is 21.7. The Balaban J connectivity index is 0.00000111. The molecule has 2 aromatic carbocycles. The molecule has 1 aliphatic carbocycles. The molecule has 0 saturated carbocycles. The number of likely N-dealkylation sites (tertiary alicyclic amines) is 2. The molecule has 0 spiro atoms. The molecular formula is C45H70N8O3. The first-order valence-electron chi connectivity index (χ1n) is 21.7. The zero-order valence-corrected chi connectivity index (χ0v) is 35.2. The fraction of sp³-hybridized carbons (Fsp3) is 0.600. The van der Waals surface area contributed by atoms with E-state index in [-0.39, 0.29) is 24.0 Å². The maximum absolute atomic E-state index is 14.2. The minimum absolute atomic E-state index is 0.00895. The van der Waals surface area contributed by atoms with Crippen LogP contribution in [0, 0.1) is 0 Å². The fourth-order valence-corrected chi connectivity index (χ4v) is 8.42. The molecule has 3 saturated heterocycles. The molecule has 0 radical (unpaired) electrons. The Labute approximate surface area is 337 Å². The number of hydrogen-bond acceptors (Lipinski definition) is 6. The Kier molecular flexibility index (Phi) is 18.4. The van der Waals surface area contributed by atoms with Crippen LogP contribution in [0.3, 0.4) is 0 Å². The lowest BCUT2D eigenvalue weighted by Crippen LogP contribution is -2.58. The molecule has 11 heteroatoms. The zero-order chi connectivity index (χ0) is 40.5. The van der Waals surface area contributed by atoms with Gasteiger partial charge in [-0.05, 0) is 79.7 Å². The quantitative estimate of drug-likeness (QED) is 0.291. The number of carbonyl (C=O) groups excluding carboxylic acids is 3. The second kappa shape index (κ2) is 23.1. The van der Waals surface area contributed by atoms with Crippen LogP contribution in [-0.4, -0.2) is 114 Å². The number of piperazine rings is 1. The predicted octanol–water partition coefficient (Wildman–Crippen LogP) is 7.07. The first-order chi connectivity index (χ1) is 27.4. The van der Waals surface area contributed by atoms with Gasteiger partial charge in [0.1, 0.15) is 6.04 Å². The molecule has 4 heterocycles. The monoisotopic (exact) mass is 771 g/mol. The van der Waals surface area contributed by atoms with Crippen LogP contribution >= 0.6 is 0 Å². The lowest BCUT2D eigenvalue weighted by atomic mass is 9.89. The van der Waals surface area contributed by atoms with E-state index in [1.165, 1.54) is 24.0 Å². The molecule has 0 aromatic heterocycles. The Morgan fingerprint density at radius 2 is 1.43 bits per heavy atom. The number of para-hydroxylation sites is 1. The summed E-state index contributed by atoms with van der Waals surface area (Å²) in [5.74, 6) is 0.00895. The van der Waals surface area contributed by atoms with Gasteiger partial charge in [-0.1, -0.05) is 84.5 Å². The van der Waals surface area contributed by atoms with Crippen LogP contribution in [0.5, 0.6) is 0 Å². The summed E-state index contributed by atoms with van der Waals surface area (Å²) < 4.78 is 0. The average Bonchev–Trinajstić information content (AvgIpc) is 3.33. The Morgan fingerprint density at radius 1 is 0.804 bits per heavy atom. The molecule has 2 aromatic rings. The summed E-state index contributed by atoms with van der Waals surface area (Å²) in [6.07, 6.45) is 9.86. The van der Waals surface area contributed by atoms with Gasteiger partial charge in [-0.2, -0.15) is 0 Å². The van der Waals surface area contributed by atoms with Gasteiger partial charge in [-0.15, -0.1) is 0 Å². The van der Waals surface area contributed by atoms with Crippen molar-refractivity contribution in [3.8, 4) is 0 Å². The van der Waals surface area contributed by atoms with E-state index in [2.05, 4.69) is 50.6 Å². The summed E-state index contributed by atoms with van der Waals surface area (Å²) in [4.78, 5) is 54.0. The molecule has 5 amide bonds. The number of rotatable bonds is 6. The van der Waals surface area contributed by atoms with Crippen LogP contribution < -0.4 is 16.0 Å². The summed E-state index contributed by atoms with van der Waals surface area (Å²) in [7, 11) is 0. The van der Waals surface area contributed by atoms with E-state index in [1.807, 2.05) is 70.7 Å². The third-order valence-corrected chi connectivity index (χ3v) is 11.3. The molecule has 0 bridgehead atoms. The number of benzene rings is 2. The van der Waals surface area contributed by atoms with Gasteiger partial charge in [0.2, 0.25) is 5.91 Å². The number of nitrogens with one attached hydrogen (secondary N) is 3. The van der Waals surface area contributed by atoms with Crippen molar-refractivity contribution in [3.05, 3.63) is 77.0 Å². The molecule has 7 rings (SSSR count). The number of nitrogens with zero attached hydrogens (tertiary/aromatic N) is 5. The highest BCUT2D eigenvalue weighted by atomic mass is 16.2. The lowest BCUT2D eigenvalue weighted by Gasteiger charge is -2.41. The van der Waals surface area contributed by atoms with Crippen molar-refractivity contribution >= 4 is 29.9 Å². The number of carbonyl (C=O) groups is 3. The molecule has 56 heavy (non-hydrogen) atoms. The van der Waals surface area contributed by atoms with Crippen LogP contribution in [-0.2, 0) is 30.6 Å². The van der Waals surface area contributed by atoms with E-state index in [4.69, 9.17) is 0 Å². The van der Waals surface area contributed by atoms with Gasteiger partial charge in [-0.3, -0.25) is 19.6 Å². The average molecular weight is 771 g/mol. The highest BCUT2D eigenvalue weighted by Gasteiger charge is 2.35. The Morgan fingerprint density at radius 3 is 2.12 bits per heavy atom.